The van der Waals surface area contributed by atoms with Gasteiger partial charge in [0.05, 0.1) is 11.9 Å². The van der Waals surface area contributed by atoms with Gasteiger partial charge < -0.3 is 10.1 Å². The summed E-state index contributed by atoms with van der Waals surface area (Å²) in [6.07, 6.45) is 4.28. The van der Waals surface area contributed by atoms with E-state index in [1.54, 1.807) is 54.6 Å². The number of ketones is 1. The van der Waals surface area contributed by atoms with Crippen molar-refractivity contribution >= 4 is 29.0 Å². The number of amides is 1. The lowest BCUT2D eigenvalue weighted by Crippen LogP contribution is -2.14. The van der Waals surface area contributed by atoms with Crippen molar-refractivity contribution in [3.63, 3.8) is 0 Å². The van der Waals surface area contributed by atoms with Crippen LogP contribution in [0.4, 0.5) is 5.69 Å². The van der Waals surface area contributed by atoms with Gasteiger partial charge in [-0.2, -0.15) is 0 Å². The smallest absolute Gasteiger partial charge is 0.275 e. The summed E-state index contributed by atoms with van der Waals surface area (Å²) in [6, 6.07) is 20.7. The van der Waals surface area contributed by atoms with Crippen LogP contribution in [-0.4, -0.2) is 21.7 Å². The van der Waals surface area contributed by atoms with Crippen molar-refractivity contribution < 1.29 is 14.3 Å². The van der Waals surface area contributed by atoms with Crippen LogP contribution in [-0.2, 0) is 0 Å². The maximum Gasteiger partial charge on any atom is 0.275 e. The molecule has 0 saturated carbocycles. The maximum atomic E-state index is 12.5. The zero-order valence-corrected chi connectivity index (χ0v) is 16.9. The lowest BCUT2D eigenvalue weighted by atomic mass is 10.0. The molecule has 152 valence electrons. The average molecular weight is 430 g/mol. The van der Waals surface area contributed by atoms with E-state index in [0.717, 1.165) is 0 Å². The number of hydrogen-bond acceptors (Lipinski definition) is 5. The van der Waals surface area contributed by atoms with E-state index >= 15 is 0 Å². The lowest BCUT2D eigenvalue weighted by molar-refractivity contribution is 0.101. The SMILES string of the molecule is O=C(c1ccccc1)c1ccc(Oc2ccc(Cl)cc2NC(=O)c2cnccn2)cc1. The molecule has 31 heavy (non-hydrogen) atoms. The number of nitrogens with one attached hydrogen (secondary N) is 1. The topological polar surface area (TPSA) is 81.2 Å². The summed E-state index contributed by atoms with van der Waals surface area (Å²) in [6.45, 7) is 0. The number of halogens is 1. The van der Waals surface area contributed by atoms with Crippen LogP contribution < -0.4 is 10.1 Å². The number of aromatic nitrogens is 2. The van der Waals surface area contributed by atoms with E-state index in [2.05, 4.69) is 15.3 Å². The first kappa shape index (κ1) is 20.3. The van der Waals surface area contributed by atoms with Crippen LogP contribution >= 0.6 is 11.6 Å². The molecule has 7 heteroatoms. The van der Waals surface area contributed by atoms with E-state index in [1.165, 1.54) is 18.6 Å². The highest BCUT2D eigenvalue weighted by atomic mass is 35.5. The van der Waals surface area contributed by atoms with Crippen LogP contribution in [0.5, 0.6) is 11.5 Å². The minimum atomic E-state index is -0.441. The van der Waals surface area contributed by atoms with Gasteiger partial charge in [-0.1, -0.05) is 41.9 Å². The summed E-state index contributed by atoms with van der Waals surface area (Å²) >= 11 is 6.09. The van der Waals surface area contributed by atoms with Crippen LogP contribution in [0, 0.1) is 0 Å². The van der Waals surface area contributed by atoms with Crippen molar-refractivity contribution in [3.8, 4) is 11.5 Å². The molecule has 0 fully saturated rings. The van der Waals surface area contributed by atoms with E-state index in [1.807, 2.05) is 18.2 Å². The number of carbonyl (C=O) groups is 2. The first-order valence-corrected chi connectivity index (χ1v) is 9.72. The van der Waals surface area contributed by atoms with Gasteiger partial charge in [0, 0.05) is 28.5 Å². The van der Waals surface area contributed by atoms with Crippen LogP contribution in [0.3, 0.4) is 0 Å². The Balaban J connectivity index is 1.53. The van der Waals surface area contributed by atoms with Gasteiger partial charge in [0.2, 0.25) is 0 Å². The van der Waals surface area contributed by atoms with E-state index in [9.17, 15) is 9.59 Å². The Bertz CT molecular complexity index is 1210. The number of ether oxygens (including phenoxy) is 1. The van der Waals surface area contributed by atoms with Crippen molar-refractivity contribution in [2.45, 2.75) is 0 Å². The fourth-order valence-electron chi connectivity index (χ4n) is 2.85. The van der Waals surface area contributed by atoms with Gasteiger partial charge in [-0.3, -0.25) is 14.6 Å². The Hall–Kier alpha value is -4.03. The van der Waals surface area contributed by atoms with Crippen LogP contribution in [0.2, 0.25) is 5.02 Å². The normalized spacial score (nSPS) is 10.4. The number of rotatable bonds is 6. The van der Waals surface area contributed by atoms with Crippen molar-refractivity contribution in [1.29, 1.82) is 0 Å². The van der Waals surface area contributed by atoms with Gasteiger partial charge in [-0.15, -0.1) is 0 Å². The van der Waals surface area contributed by atoms with Gasteiger partial charge in [-0.25, -0.2) is 4.98 Å². The molecule has 1 N–H and O–H groups in total. The highest BCUT2D eigenvalue weighted by Gasteiger charge is 2.13. The van der Waals surface area contributed by atoms with E-state index in [0.29, 0.717) is 33.3 Å². The maximum absolute atomic E-state index is 12.5. The molecule has 1 aromatic heterocycles. The predicted octanol–water partition coefficient (Wildman–Crippen LogP) is 5.41. The average Bonchev–Trinajstić information content (AvgIpc) is 2.82. The second-order valence-electron chi connectivity index (χ2n) is 6.51. The Labute approximate surface area is 183 Å². The summed E-state index contributed by atoms with van der Waals surface area (Å²) in [7, 11) is 0. The number of anilines is 1. The van der Waals surface area contributed by atoms with Crippen molar-refractivity contribution in [3.05, 3.63) is 113 Å². The summed E-state index contributed by atoms with van der Waals surface area (Å²) in [5.74, 6) is 0.380. The number of benzene rings is 3. The fourth-order valence-corrected chi connectivity index (χ4v) is 3.02. The molecule has 0 spiro atoms. The number of nitrogens with zero attached hydrogens (tertiary/aromatic N) is 2. The quantitative estimate of drug-likeness (QED) is 0.415. The molecule has 0 aliphatic rings. The minimum absolute atomic E-state index is 0.0736. The summed E-state index contributed by atoms with van der Waals surface area (Å²) < 4.78 is 5.92. The van der Waals surface area contributed by atoms with E-state index in [4.69, 9.17) is 16.3 Å². The molecule has 6 nitrogen and oxygen atoms in total. The molecule has 0 atom stereocenters. The number of carbonyl (C=O) groups excluding carboxylic acids is 2. The summed E-state index contributed by atoms with van der Waals surface area (Å²) in [5.41, 5.74) is 1.71. The van der Waals surface area contributed by atoms with Crippen molar-refractivity contribution in [2.24, 2.45) is 0 Å². The Kier molecular flexibility index (Phi) is 6.01. The zero-order chi connectivity index (χ0) is 21.6. The zero-order valence-electron chi connectivity index (χ0n) is 16.2. The molecule has 3 aromatic carbocycles. The molecule has 4 aromatic rings. The van der Waals surface area contributed by atoms with Gasteiger partial charge >= 0.3 is 0 Å². The second-order valence-corrected chi connectivity index (χ2v) is 6.94. The van der Waals surface area contributed by atoms with Gasteiger partial charge in [0.1, 0.15) is 11.4 Å². The Morgan fingerprint density at radius 1 is 0.871 bits per heavy atom. The Morgan fingerprint density at radius 2 is 1.61 bits per heavy atom. The van der Waals surface area contributed by atoms with Crippen molar-refractivity contribution in [2.75, 3.05) is 5.32 Å². The molecule has 0 saturated heterocycles. The van der Waals surface area contributed by atoms with Crippen LogP contribution in [0.15, 0.2) is 91.4 Å². The molecular weight excluding hydrogens is 414 g/mol. The second kappa shape index (κ2) is 9.19. The molecule has 0 aliphatic heterocycles. The molecule has 0 aliphatic carbocycles. The molecule has 1 amide bonds. The van der Waals surface area contributed by atoms with Crippen LogP contribution in [0.1, 0.15) is 26.4 Å². The standard InChI is InChI=1S/C24H16ClN3O3/c25-18-8-11-22(20(14-18)28-24(30)21-15-26-12-13-27-21)31-19-9-6-17(7-10-19)23(29)16-4-2-1-3-5-16/h1-15H,(H,28,30). The monoisotopic (exact) mass is 429 g/mol. The third-order valence-corrected chi connectivity index (χ3v) is 4.60. The van der Waals surface area contributed by atoms with Gasteiger partial charge in [0.25, 0.3) is 5.91 Å². The molecule has 1 heterocycles. The first-order valence-electron chi connectivity index (χ1n) is 9.35. The third kappa shape index (κ3) is 4.94. The predicted molar refractivity (Wildman–Crippen MR) is 118 cm³/mol. The first-order chi connectivity index (χ1) is 15.1. The van der Waals surface area contributed by atoms with E-state index in [-0.39, 0.29) is 11.5 Å². The molecular formula is C24H16ClN3O3. The Morgan fingerprint density at radius 3 is 2.32 bits per heavy atom. The molecule has 0 radical (unpaired) electrons. The highest BCUT2D eigenvalue weighted by Crippen LogP contribution is 2.32. The van der Waals surface area contributed by atoms with Gasteiger partial charge in [0.15, 0.2) is 11.5 Å². The highest BCUT2D eigenvalue weighted by molar-refractivity contribution is 6.31. The fraction of sp³-hybridized carbons (Fsp3) is 0. The van der Waals surface area contributed by atoms with Gasteiger partial charge in [-0.05, 0) is 42.5 Å². The summed E-state index contributed by atoms with van der Waals surface area (Å²) in [4.78, 5) is 32.9. The number of hydrogen-bond donors (Lipinski definition) is 1. The largest absolute Gasteiger partial charge is 0.455 e. The molecule has 0 bridgehead atoms. The van der Waals surface area contributed by atoms with E-state index < -0.39 is 5.91 Å². The molecule has 4 rings (SSSR count). The van der Waals surface area contributed by atoms with Crippen molar-refractivity contribution in [1.82, 2.24) is 9.97 Å². The lowest BCUT2D eigenvalue weighted by Gasteiger charge is -2.13. The summed E-state index contributed by atoms with van der Waals surface area (Å²) in [5, 5.41) is 3.17. The minimum Gasteiger partial charge on any atom is -0.455 e. The third-order valence-electron chi connectivity index (χ3n) is 4.37. The van der Waals surface area contributed by atoms with Crippen LogP contribution in [0.25, 0.3) is 0 Å². The molecule has 0 unspecified atom stereocenters.